The smallest absolute Gasteiger partial charge is 0.123 e. The van der Waals surface area contributed by atoms with Crippen molar-refractivity contribution in [2.45, 2.75) is 65.2 Å². The fraction of sp³-hybridized carbons (Fsp3) is 0.684. The first-order valence-electron chi connectivity index (χ1n) is 8.43. The van der Waals surface area contributed by atoms with Gasteiger partial charge in [-0.3, -0.25) is 0 Å². The van der Waals surface area contributed by atoms with Crippen molar-refractivity contribution in [1.29, 1.82) is 0 Å². The maximum atomic E-state index is 12.9. The molecule has 1 fully saturated rings. The van der Waals surface area contributed by atoms with Crippen molar-refractivity contribution in [3.63, 3.8) is 0 Å². The standard InChI is InChI=1S/C19H29F/c1-3-4-5-16-6-10-18(11-7-16)15(2)14-17-8-12-19(20)13-9-17/h8-9,12-13,15-16,18H,3-7,10-11,14H2,1-2H3. The summed E-state index contributed by atoms with van der Waals surface area (Å²) in [5.41, 5.74) is 1.28. The number of hydrogen-bond donors (Lipinski definition) is 0. The summed E-state index contributed by atoms with van der Waals surface area (Å²) in [6, 6.07) is 7.06. The highest BCUT2D eigenvalue weighted by molar-refractivity contribution is 5.16. The first-order valence-corrected chi connectivity index (χ1v) is 8.43. The van der Waals surface area contributed by atoms with Gasteiger partial charge in [0.05, 0.1) is 0 Å². The van der Waals surface area contributed by atoms with E-state index in [4.69, 9.17) is 0 Å². The molecule has 20 heavy (non-hydrogen) atoms. The Labute approximate surface area is 123 Å². The van der Waals surface area contributed by atoms with Crippen molar-refractivity contribution in [2.24, 2.45) is 17.8 Å². The van der Waals surface area contributed by atoms with E-state index in [-0.39, 0.29) is 5.82 Å². The molecule has 2 rings (SSSR count). The molecule has 0 amide bonds. The van der Waals surface area contributed by atoms with Crippen LogP contribution in [0.4, 0.5) is 4.39 Å². The lowest BCUT2D eigenvalue weighted by Crippen LogP contribution is -2.21. The maximum Gasteiger partial charge on any atom is 0.123 e. The molecule has 0 bridgehead atoms. The normalized spacial score (nSPS) is 24.6. The van der Waals surface area contributed by atoms with Crippen LogP contribution in [0.3, 0.4) is 0 Å². The van der Waals surface area contributed by atoms with Crippen LogP contribution in [0.25, 0.3) is 0 Å². The van der Waals surface area contributed by atoms with Crippen molar-refractivity contribution < 1.29 is 4.39 Å². The molecule has 0 spiro atoms. The summed E-state index contributed by atoms with van der Waals surface area (Å²) in [7, 11) is 0. The Morgan fingerprint density at radius 2 is 1.75 bits per heavy atom. The number of hydrogen-bond acceptors (Lipinski definition) is 0. The fourth-order valence-corrected chi connectivity index (χ4v) is 3.70. The Morgan fingerprint density at radius 1 is 1.10 bits per heavy atom. The Bertz CT molecular complexity index is 373. The second kappa shape index (κ2) is 7.81. The topological polar surface area (TPSA) is 0 Å². The molecule has 0 N–H and O–H groups in total. The molecule has 0 radical (unpaired) electrons. The monoisotopic (exact) mass is 276 g/mol. The van der Waals surface area contributed by atoms with Crippen LogP contribution in [0.1, 0.15) is 64.4 Å². The van der Waals surface area contributed by atoms with Gasteiger partial charge in [0.2, 0.25) is 0 Å². The summed E-state index contributed by atoms with van der Waals surface area (Å²) in [6.07, 6.45) is 10.9. The number of halogens is 1. The van der Waals surface area contributed by atoms with E-state index in [0.717, 1.165) is 24.2 Å². The van der Waals surface area contributed by atoms with Gasteiger partial charge in [-0.2, -0.15) is 0 Å². The molecular weight excluding hydrogens is 247 g/mol. The third-order valence-corrected chi connectivity index (χ3v) is 5.13. The molecule has 1 aliphatic carbocycles. The van der Waals surface area contributed by atoms with Crippen molar-refractivity contribution in [3.8, 4) is 0 Å². The van der Waals surface area contributed by atoms with Crippen molar-refractivity contribution in [2.75, 3.05) is 0 Å². The average molecular weight is 276 g/mol. The van der Waals surface area contributed by atoms with Gasteiger partial charge in [-0.15, -0.1) is 0 Å². The number of rotatable bonds is 6. The molecule has 1 atom stereocenters. The van der Waals surface area contributed by atoms with Gasteiger partial charge in [0.15, 0.2) is 0 Å². The summed E-state index contributed by atoms with van der Waals surface area (Å²) in [5.74, 6) is 2.47. The molecule has 1 aromatic rings. The van der Waals surface area contributed by atoms with Gasteiger partial charge in [-0.05, 0) is 54.7 Å². The highest BCUT2D eigenvalue weighted by Crippen LogP contribution is 2.36. The molecule has 1 unspecified atom stereocenters. The van der Waals surface area contributed by atoms with Gasteiger partial charge >= 0.3 is 0 Å². The van der Waals surface area contributed by atoms with Crippen LogP contribution < -0.4 is 0 Å². The fourth-order valence-electron chi connectivity index (χ4n) is 3.70. The SMILES string of the molecule is CCCCC1CCC(C(C)Cc2ccc(F)cc2)CC1. The lowest BCUT2D eigenvalue weighted by atomic mass is 9.73. The van der Waals surface area contributed by atoms with Crippen molar-refractivity contribution >= 4 is 0 Å². The first-order chi connectivity index (χ1) is 9.69. The lowest BCUT2D eigenvalue weighted by molar-refractivity contribution is 0.204. The van der Waals surface area contributed by atoms with Gasteiger partial charge in [-0.1, -0.05) is 58.1 Å². The molecule has 112 valence electrons. The van der Waals surface area contributed by atoms with Crippen LogP contribution in [-0.2, 0) is 6.42 Å². The summed E-state index contributed by atoms with van der Waals surface area (Å²) in [4.78, 5) is 0. The summed E-state index contributed by atoms with van der Waals surface area (Å²) < 4.78 is 12.9. The molecule has 0 aromatic heterocycles. The average Bonchev–Trinajstić information content (AvgIpc) is 2.48. The minimum absolute atomic E-state index is 0.127. The Morgan fingerprint density at radius 3 is 2.35 bits per heavy atom. The van der Waals surface area contributed by atoms with Crippen LogP contribution in [0.5, 0.6) is 0 Å². The quantitative estimate of drug-likeness (QED) is 0.597. The van der Waals surface area contributed by atoms with E-state index in [2.05, 4.69) is 13.8 Å². The van der Waals surface area contributed by atoms with Gasteiger partial charge in [-0.25, -0.2) is 4.39 Å². The van der Waals surface area contributed by atoms with E-state index in [1.165, 1.54) is 50.5 Å². The Balaban J connectivity index is 1.76. The molecule has 1 heteroatoms. The lowest BCUT2D eigenvalue weighted by Gasteiger charge is -2.32. The van der Waals surface area contributed by atoms with Crippen molar-refractivity contribution in [1.82, 2.24) is 0 Å². The van der Waals surface area contributed by atoms with Crippen LogP contribution in [-0.4, -0.2) is 0 Å². The van der Waals surface area contributed by atoms with E-state index in [0.29, 0.717) is 0 Å². The maximum absolute atomic E-state index is 12.9. The van der Waals surface area contributed by atoms with E-state index < -0.39 is 0 Å². The van der Waals surface area contributed by atoms with E-state index in [9.17, 15) is 4.39 Å². The zero-order chi connectivity index (χ0) is 14.4. The highest BCUT2D eigenvalue weighted by atomic mass is 19.1. The summed E-state index contributed by atoms with van der Waals surface area (Å²) >= 11 is 0. The third kappa shape index (κ3) is 4.61. The molecule has 0 saturated heterocycles. The predicted octanol–water partition coefficient (Wildman–Crippen LogP) is 6.00. The Kier molecular flexibility index (Phi) is 6.06. The zero-order valence-corrected chi connectivity index (χ0v) is 13.1. The van der Waals surface area contributed by atoms with Crippen LogP contribution in [0.2, 0.25) is 0 Å². The molecule has 0 aliphatic heterocycles. The summed E-state index contributed by atoms with van der Waals surface area (Å²) in [5, 5.41) is 0. The predicted molar refractivity (Wildman–Crippen MR) is 84.2 cm³/mol. The number of benzene rings is 1. The van der Waals surface area contributed by atoms with Crippen molar-refractivity contribution in [3.05, 3.63) is 35.6 Å². The van der Waals surface area contributed by atoms with Crippen LogP contribution in [0.15, 0.2) is 24.3 Å². The van der Waals surface area contributed by atoms with E-state index >= 15 is 0 Å². The molecule has 1 saturated carbocycles. The molecule has 0 nitrogen and oxygen atoms in total. The van der Waals surface area contributed by atoms with E-state index in [1.54, 1.807) is 12.1 Å². The van der Waals surface area contributed by atoms with Crippen LogP contribution in [0, 0.1) is 23.6 Å². The molecule has 0 heterocycles. The Hall–Kier alpha value is -0.850. The van der Waals surface area contributed by atoms with Crippen LogP contribution >= 0.6 is 0 Å². The molecular formula is C19H29F. The van der Waals surface area contributed by atoms with E-state index in [1.807, 2.05) is 12.1 Å². The first kappa shape index (κ1) is 15.5. The van der Waals surface area contributed by atoms with Gasteiger partial charge in [0.25, 0.3) is 0 Å². The zero-order valence-electron chi connectivity index (χ0n) is 13.1. The minimum Gasteiger partial charge on any atom is -0.207 e. The number of unbranched alkanes of at least 4 members (excludes halogenated alkanes) is 1. The highest BCUT2D eigenvalue weighted by Gasteiger charge is 2.24. The summed E-state index contributed by atoms with van der Waals surface area (Å²) in [6.45, 7) is 4.66. The second-order valence-electron chi connectivity index (χ2n) is 6.73. The van der Waals surface area contributed by atoms with Gasteiger partial charge < -0.3 is 0 Å². The minimum atomic E-state index is -0.127. The molecule has 1 aromatic carbocycles. The third-order valence-electron chi connectivity index (χ3n) is 5.13. The van der Waals surface area contributed by atoms with Gasteiger partial charge in [0.1, 0.15) is 5.82 Å². The second-order valence-corrected chi connectivity index (χ2v) is 6.73. The van der Waals surface area contributed by atoms with Gasteiger partial charge in [0, 0.05) is 0 Å². The molecule has 1 aliphatic rings. The largest absolute Gasteiger partial charge is 0.207 e.